The van der Waals surface area contributed by atoms with Crippen molar-refractivity contribution in [3.63, 3.8) is 0 Å². The molecule has 0 heterocycles. The third-order valence-electron chi connectivity index (χ3n) is 1.60. The molecule has 0 rings (SSSR count). The third kappa shape index (κ3) is 4.88. The van der Waals surface area contributed by atoms with E-state index in [4.69, 9.17) is 4.74 Å². The first-order chi connectivity index (χ1) is 4.87. The van der Waals surface area contributed by atoms with Crippen molar-refractivity contribution in [3.8, 4) is 0 Å². The minimum absolute atomic E-state index is 0.0967. The second-order valence-corrected chi connectivity index (χ2v) is 3.99. The summed E-state index contributed by atoms with van der Waals surface area (Å²) >= 11 is 0. The number of ether oxygens (including phenoxy) is 1. The Bertz CT molecular complexity index is 130. The summed E-state index contributed by atoms with van der Waals surface area (Å²) in [5.41, 5.74) is -0.0967. The first-order valence-corrected chi connectivity index (χ1v) is 4.24. The lowest BCUT2D eigenvalue weighted by Gasteiger charge is -2.25. The minimum Gasteiger partial charge on any atom is -0.493 e. The summed E-state index contributed by atoms with van der Waals surface area (Å²) < 4.78 is 5.60. The molecule has 0 spiro atoms. The zero-order chi connectivity index (χ0) is 9.07. The highest BCUT2D eigenvalue weighted by Crippen LogP contribution is 2.20. The molecule has 66 valence electrons. The number of allylic oxidation sites excluding steroid dienone is 1. The normalized spacial score (nSPS) is 14.3. The minimum atomic E-state index is -0.0967. The number of hydrogen-bond donors (Lipinski definition) is 0. The van der Waals surface area contributed by atoms with Gasteiger partial charge in [-0.25, -0.2) is 0 Å². The molecule has 0 aromatic carbocycles. The maximum absolute atomic E-state index is 5.60. The molecule has 0 saturated carbocycles. The molecule has 11 heavy (non-hydrogen) atoms. The van der Waals surface area contributed by atoms with E-state index in [1.165, 1.54) is 0 Å². The van der Waals surface area contributed by atoms with Gasteiger partial charge in [-0.15, -0.1) is 0 Å². The van der Waals surface area contributed by atoms with Gasteiger partial charge in [0, 0.05) is 5.92 Å². The summed E-state index contributed by atoms with van der Waals surface area (Å²) in [6.45, 7) is 14.3. The zero-order valence-corrected chi connectivity index (χ0v) is 8.40. The van der Waals surface area contributed by atoms with Gasteiger partial charge in [0.1, 0.15) is 5.60 Å². The van der Waals surface area contributed by atoms with Crippen molar-refractivity contribution in [2.45, 2.75) is 46.6 Å². The maximum atomic E-state index is 5.60. The molecular weight excluding hydrogens is 136 g/mol. The lowest BCUT2D eigenvalue weighted by Crippen LogP contribution is -2.20. The fourth-order valence-corrected chi connectivity index (χ4v) is 0.722. The molecule has 0 amide bonds. The first kappa shape index (κ1) is 10.5. The van der Waals surface area contributed by atoms with Crippen LogP contribution in [0.1, 0.15) is 41.0 Å². The van der Waals surface area contributed by atoms with Gasteiger partial charge in [-0.05, 0) is 27.2 Å². The van der Waals surface area contributed by atoms with Gasteiger partial charge >= 0.3 is 0 Å². The molecule has 0 saturated heterocycles. The highest BCUT2D eigenvalue weighted by molar-refractivity contribution is 4.90. The van der Waals surface area contributed by atoms with Crippen LogP contribution in [0, 0.1) is 5.92 Å². The van der Waals surface area contributed by atoms with Gasteiger partial charge in [0.2, 0.25) is 0 Å². The van der Waals surface area contributed by atoms with Crippen LogP contribution >= 0.6 is 0 Å². The molecule has 0 radical (unpaired) electrons. The second-order valence-electron chi connectivity index (χ2n) is 3.99. The maximum Gasteiger partial charge on any atom is 0.100 e. The standard InChI is InChI=1S/C10H20O/c1-7-8(2)9(3)11-10(4,5)6/h8H,3,7H2,1-2,4-6H3. The van der Waals surface area contributed by atoms with Crippen molar-refractivity contribution in [2.24, 2.45) is 5.92 Å². The smallest absolute Gasteiger partial charge is 0.100 e. The van der Waals surface area contributed by atoms with Crippen molar-refractivity contribution in [2.75, 3.05) is 0 Å². The molecule has 1 atom stereocenters. The number of hydrogen-bond acceptors (Lipinski definition) is 1. The second kappa shape index (κ2) is 3.80. The summed E-state index contributed by atoms with van der Waals surface area (Å²) in [5, 5.41) is 0. The van der Waals surface area contributed by atoms with Crippen LogP contribution in [0.5, 0.6) is 0 Å². The Morgan fingerprint density at radius 1 is 1.45 bits per heavy atom. The van der Waals surface area contributed by atoms with E-state index in [2.05, 4.69) is 20.4 Å². The summed E-state index contributed by atoms with van der Waals surface area (Å²) in [4.78, 5) is 0. The van der Waals surface area contributed by atoms with Gasteiger partial charge < -0.3 is 4.74 Å². The lowest BCUT2D eigenvalue weighted by molar-refractivity contribution is 0.0364. The Labute approximate surface area is 70.4 Å². The largest absolute Gasteiger partial charge is 0.493 e. The van der Waals surface area contributed by atoms with E-state index in [0.717, 1.165) is 12.2 Å². The van der Waals surface area contributed by atoms with Crippen LogP contribution in [-0.4, -0.2) is 5.60 Å². The zero-order valence-electron chi connectivity index (χ0n) is 8.40. The van der Waals surface area contributed by atoms with Crippen molar-refractivity contribution in [1.29, 1.82) is 0 Å². The Kier molecular flexibility index (Phi) is 3.64. The molecule has 0 fully saturated rings. The average Bonchev–Trinajstić information content (AvgIpc) is 1.82. The predicted octanol–water partition coefficient (Wildman–Crippen LogP) is 3.36. The molecule has 0 aliphatic rings. The SMILES string of the molecule is C=C(OC(C)(C)C)C(C)CC. The Morgan fingerprint density at radius 2 is 1.91 bits per heavy atom. The predicted molar refractivity (Wildman–Crippen MR) is 49.4 cm³/mol. The average molecular weight is 156 g/mol. The van der Waals surface area contributed by atoms with Crippen molar-refractivity contribution in [1.82, 2.24) is 0 Å². The quantitative estimate of drug-likeness (QED) is 0.569. The Balaban J connectivity index is 3.88. The summed E-state index contributed by atoms with van der Waals surface area (Å²) in [7, 11) is 0. The number of rotatable bonds is 3. The van der Waals surface area contributed by atoms with Crippen molar-refractivity contribution < 1.29 is 4.74 Å². The molecule has 0 bridgehead atoms. The lowest BCUT2D eigenvalue weighted by atomic mass is 10.1. The van der Waals surface area contributed by atoms with Gasteiger partial charge in [0.15, 0.2) is 0 Å². The third-order valence-corrected chi connectivity index (χ3v) is 1.60. The topological polar surface area (TPSA) is 9.23 Å². The fraction of sp³-hybridized carbons (Fsp3) is 0.800. The fourth-order valence-electron chi connectivity index (χ4n) is 0.722. The van der Waals surface area contributed by atoms with Crippen LogP contribution in [0.4, 0.5) is 0 Å². The van der Waals surface area contributed by atoms with Gasteiger partial charge in [0.25, 0.3) is 0 Å². The summed E-state index contributed by atoms with van der Waals surface area (Å²) in [6.07, 6.45) is 1.09. The summed E-state index contributed by atoms with van der Waals surface area (Å²) in [6, 6.07) is 0. The van der Waals surface area contributed by atoms with Gasteiger partial charge in [-0.3, -0.25) is 0 Å². The van der Waals surface area contributed by atoms with E-state index in [-0.39, 0.29) is 5.60 Å². The molecule has 0 aromatic heterocycles. The van der Waals surface area contributed by atoms with Crippen LogP contribution in [0.3, 0.4) is 0 Å². The van der Waals surface area contributed by atoms with Crippen molar-refractivity contribution >= 4 is 0 Å². The van der Waals surface area contributed by atoms with Crippen LogP contribution in [0.2, 0.25) is 0 Å². The molecule has 0 aliphatic heterocycles. The van der Waals surface area contributed by atoms with E-state index in [9.17, 15) is 0 Å². The van der Waals surface area contributed by atoms with Gasteiger partial charge in [0.05, 0.1) is 5.76 Å². The van der Waals surface area contributed by atoms with Gasteiger partial charge in [-0.2, -0.15) is 0 Å². The van der Waals surface area contributed by atoms with Crippen LogP contribution in [0.15, 0.2) is 12.3 Å². The van der Waals surface area contributed by atoms with Crippen LogP contribution in [0.25, 0.3) is 0 Å². The molecular formula is C10H20O. The van der Waals surface area contributed by atoms with E-state index in [1.54, 1.807) is 0 Å². The molecule has 0 aliphatic carbocycles. The monoisotopic (exact) mass is 156 g/mol. The first-order valence-electron chi connectivity index (χ1n) is 4.24. The van der Waals surface area contributed by atoms with Crippen LogP contribution < -0.4 is 0 Å². The highest BCUT2D eigenvalue weighted by atomic mass is 16.5. The molecule has 0 N–H and O–H groups in total. The van der Waals surface area contributed by atoms with Crippen LogP contribution in [-0.2, 0) is 4.74 Å². The van der Waals surface area contributed by atoms with E-state index >= 15 is 0 Å². The van der Waals surface area contributed by atoms with Crippen molar-refractivity contribution in [3.05, 3.63) is 12.3 Å². The highest BCUT2D eigenvalue weighted by Gasteiger charge is 2.15. The molecule has 0 aromatic rings. The van der Waals surface area contributed by atoms with E-state index in [0.29, 0.717) is 5.92 Å². The van der Waals surface area contributed by atoms with Gasteiger partial charge in [-0.1, -0.05) is 20.4 Å². The van der Waals surface area contributed by atoms with E-state index < -0.39 is 0 Å². The molecule has 1 unspecified atom stereocenters. The Morgan fingerprint density at radius 3 is 2.18 bits per heavy atom. The van der Waals surface area contributed by atoms with E-state index in [1.807, 2.05) is 20.8 Å². The molecule has 1 nitrogen and oxygen atoms in total. The molecule has 1 heteroatoms. The summed E-state index contributed by atoms with van der Waals surface area (Å²) in [5.74, 6) is 1.37. The Hall–Kier alpha value is -0.460.